The van der Waals surface area contributed by atoms with Crippen LogP contribution >= 0.6 is 11.3 Å². The molecule has 11 heteroatoms. The van der Waals surface area contributed by atoms with Gasteiger partial charge in [0.2, 0.25) is 0 Å². The van der Waals surface area contributed by atoms with Crippen molar-refractivity contribution in [1.82, 2.24) is 25.1 Å². The lowest BCUT2D eigenvalue weighted by atomic mass is 9.88. The van der Waals surface area contributed by atoms with Gasteiger partial charge in [0, 0.05) is 60.7 Å². The molecule has 2 aromatic heterocycles. The predicted octanol–water partition coefficient (Wildman–Crippen LogP) is 4.48. The second-order valence-corrected chi connectivity index (χ2v) is 10.9. The van der Waals surface area contributed by atoms with Gasteiger partial charge >= 0.3 is 0 Å². The van der Waals surface area contributed by atoms with E-state index in [1.807, 2.05) is 36.7 Å². The molecule has 1 aliphatic heterocycles. The highest BCUT2D eigenvalue weighted by molar-refractivity contribution is 7.09. The molecular weight excluding hydrogens is 522 g/mol. The molecule has 0 bridgehead atoms. The van der Waals surface area contributed by atoms with Gasteiger partial charge in [-0.1, -0.05) is 6.07 Å². The Morgan fingerprint density at radius 2 is 1.95 bits per heavy atom. The number of aliphatic hydroxyl groups is 1. The number of benzene rings is 2. The predicted molar refractivity (Wildman–Crippen MR) is 146 cm³/mol. The molecule has 0 saturated carbocycles. The Bertz CT molecular complexity index is 1340. The zero-order valence-corrected chi connectivity index (χ0v) is 22.6. The molecule has 0 spiro atoms. The number of hydrogen-bond acceptors (Lipinski definition) is 8. The standard InChI is InChI=1S/C28H32F2N6O2S/c1-19-26(39-18-32-19)10-13-38-23-5-3-21(4-6-23)34-22-8-11-36(12-9-22)16-28(37,15-27-31-17-33-35-27)24-7-2-20(29)14-25(24)30/h2-7,14,17-18,22,34,37H,8-13,15-16H2,1H3,(H,31,33,35). The topological polar surface area (TPSA) is 99.2 Å². The molecule has 39 heavy (non-hydrogen) atoms. The van der Waals surface area contributed by atoms with Gasteiger partial charge in [-0.2, -0.15) is 5.10 Å². The molecule has 1 aliphatic rings. The summed E-state index contributed by atoms with van der Waals surface area (Å²) in [5.74, 6) is -0.198. The summed E-state index contributed by atoms with van der Waals surface area (Å²) in [7, 11) is 0. The lowest BCUT2D eigenvalue weighted by Crippen LogP contribution is -2.48. The van der Waals surface area contributed by atoms with Gasteiger partial charge in [0.05, 0.1) is 17.8 Å². The van der Waals surface area contributed by atoms with Crippen molar-refractivity contribution in [2.24, 2.45) is 0 Å². The van der Waals surface area contributed by atoms with E-state index in [0.29, 0.717) is 12.4 Å². The zero-order chi connectivity index (χ0) is 27.2. The van der Waals surface area contributed by atoms with Crippen LogP contribution in [0.3, 0.4) is 0 Å². The molecule has 0 radical (unpaired) electrons. The maximum absolute atomic E-state index is 14.7. The van der Waals surface area contributed by atoms with E-state index < -0.39 is 17.2 Å². The number of rotatable bonds is 11. The van der Waals surface area contributed by atoms with Crippen molar-refractivity contribution in [3.8, 4) is 5.75 Å². The average molecular weight is 555 g/mol. The molecule has 1 saturated heterocycles. The number of nitrogens with zero attached hydrogens (tertiary/aromatic N) is 4. The third-order valence-corrected chi connectivity index (χ3v) is 8.09. The Hall–Kier alpha value is -3.41. The normalized spacial score (nSPS) is 16.2. The van der Waals surface area contributed by atoms with Crippen molar-refractivity contribution in [3.05, 3.63) is 87.9 Å². The number of H-pyrrole nitrogens is 1. The van der Waals surface area contributed by atoms with Crippen LogP contribution in [0, 0.1) is 18.6 Å². The summed E-state index contributed by atoms with van der Waals surface area (Å²) in [6.45, 7) is 4.25. The van der Waals surface area contributed by atoms with Crippen molar-refractivity contribution < 1.29 is 18.6 Å². The van der Waals surface area contributed by atoms with Crippen molar-refractivity contribution >= 4 is 17.0 Å². The van der Waals surface area contributed by atoms with Gasteiger partial charge in [0.15, 0.2) is 0 Å². The summed E-state index contributed by atoms with van der Waals surface area (Å²) in [6, 6.07) is 11.5. The number of piperidine rings is 1. The minimum absolute atomic E-state index is 0.0337. The van der Waals surface area contributed by atoms with Gasteiger partial charge in [0.25, 0.3) is 0 Å². The van der Waals surface area contributed by atoms with Crippen LogP contribution in [0.1, 0.15) is 34.8 Å². The number of aromatic nitrogens is 4. The number of halogens is 2. The fourth-order valence-corrected chi connectivity index (χ4v) is 5.77. The summed E-state index contributed by atoms with van der Waals surface area (Å²) < 4.78 is 34.2. The van der Waals surface area contributed by atoms with E-state index in [1.54, 1.807) is 11.3 Å². The van der Waals surface area contributed by atoms with E-state index in [4.69, 9.17) is 4.74 Å². The third kappa shape index (κ3) is 6.97. The average Bonchev–Trinajstić information content (AvgIpc) is 3.57. The zero-order valence-electron chi connectivity index (χ0n) is 21.7. The number of aryl methyl sites for hydroxylation is 1. The highest BCUT2D eigenvalue weighted by Crippen LogP contribution is 2.30. The Morgan fingerprint density at radius 1 is 1.15 bits per heavy atom. The second-order valence-electron chi connectivity index (χ2n) is 9.94. The number of thiazole rings is 1. The van der Waals surface area contributed by atoms with Crippen molar-refractivity contribution in [3.63, 3.8) is 0 Å². The first kappa shape index (κ1) is 27.2. The molecule has 0 aliphatic carbocycles. The fourth-order valence-electron chi connectivity index (χ4n) is 5.01. The monoisotopic (exact) mass is 554 g/mol. The molecule has 1 fully saturated rings. The number of aromatic amines is 1. The number of hydrogen-bond donors (Lipinski definition) is 3. The molecule has 4 aromatic rings. The Kier molecular flexibility index (Phi) is 8.49. The smallest absolute Gasteiger partial charge is 0.137 e. The van der Waals surface area contributed by atoms with Crippen LogP contribution < -0.4 is 10.1 Å². The van der Waals surface area contributed by atoms with Gasteiger partial charge in [-0.3, -0.25) is 10.00 Å². The highest BCUT2D eigenvalue weighted by atomic mass is 32.1. The van der Waals surface area contributed by atoms with Gasteiger partial charge < -0.3 is 15.2 Å². The number of anilines is 1. The Balaban J connectivity index is 1.14. The fraction of sp³-hybridized carbons (Fsp3) is 0.393. The largest absolute Gasteiger partial charge is 0.493 e. The molecule has 206 valence electrons. The summed E-state index contributed by atoms with van der Waals surface area (Å²) in [6.07, 6.45) is 3.94. The van der Waals surface area contributed by atoms with Crippen LogP contribution in [-0.4, -0.2) is 62.5 Å². The summed E-state index contributed by atoms with van der Waals surface area (Å²) in [5, 5.41) is 21.8. The van der Waals surface area contributed by atoms with Crippen LogP contribution in [0.2, 0.25) is 0 Å². The molecule has 3 heterocycles. The van der Waals surface area contributed by atoms with Gasteiger partial charge in [-0.15, -0.1) is 11.3 Å². The molecule has 1 atom stereocenters. The van der Waals surface area contributed by atoms with Crippen LogP contribution in [0.4, 0.5) is 14.5 Å². The minimum atomic E-state index is -1.59. The van der Waals surface area contributed by atoms with E-state index in [1.165, 1.54) is 23.3 Å². The van der Waals surface area contributed by atoms with Crippen LogP contribution in [0.5, 0.6) is 5.75 Å². The van der Waals surface area contributed by atoms with Gasteiger partial charge in [-0.25, -0.2) is 18.7 Å². The minimum Gasteiger partial charge on any atom is -0.493 e. The van der Waals surface area contributed by atoms with Gasteiger partial charge in [-0.05, 0) is 50.1 Å². The molecule has 1 unspecified atom stereocenters. The first-order valence-electron chi connectivity index (χ1n) is 13.0. The van der Waals surface area contributed by atoms with E-state index >= 15 is 0 Å². The van der Waals surface area contributed by atoms with Gasteiger partial charge in [0.1, 0.15) is 35.1 Å². The summed E-state index contributed by atoms with van der Waals surface area (Å²) in [4.78, 5) is 11.7. The van der Waals surface area contributed by atoms with Crippen LogP contribution in [0.15, 0.2) is 54.3 Å². The van der Waals surface area contributed by atoms with E-state index in [9.17, 15) is 13.9 Å². The van der Waals surface area contributed by atoms with Crippen LogP contribution in [-0.2, 0) is 18.4 Å². The van der Waals surface area contributed by atoms with E-state index in [2.05, 4.69) is 30.4 Å². The van der Waals surface area contributed by atoms with E-state index in [0.717, 1.165) is 55.5 Å². The Labute approximate surface area is 230 Å². The lowest BCUT2D eigenvalue weighted by Gasteiger charge is -2.38. The highest BCUT2D eigenvalue weighted by Gasteiger charge is 2.37. The molecule has 2 aromatic carbocycles. The van der Waals surface area contributed by atoms with Crippen molar-refractivity contribution in [1.29, 1.82) is 0 Å². The maximum Gasteiger partial charge on any atom is 0.137 e. The summed E-state index contributed by atoms with van der Waals surface area (Å²) in [5.41, 5.74) is 2.40. The quantitative estimate of drug-likeness (QED) is 0.252. The third-order valence-electron chi connectivity index (χ3n) is 7.10. The molecule has 5 rings (SSSR count). The number of ether oxygens (including phenoxy) is 1. The SMILES string of the molecule is Cc1ncsc1CCOc1ccc(NC2CCN(CC(O)(Cc3ncn[nH]3)c3ccc(F)cc3F)CC2)cc1. The molecular formula is C28H32F2N6O2S. The van der Waals surface area contributed by atoms with E-state index in [-0.39, 0.29) is 24.6 Å². The molecule has 0 amide bonds. The second kappa shape index (κ2) is 12.2. The Morgan fingerprint density at radius 3 is 2.62 bits per heavy atom. The lowest BCUT2D eigenvalue weighted by molar-refractivity contribution is -0.0107. The van der Waals surface area contributed by atoms with Crippen LogP contribution in [0.25, 0.3) is 0 Å². The number of β-amino-alcohol motifs (C(OH)–C–C–N with tert-alkyl or cyclic N) is 1. The maximum atomic E-state index is 14.7. The number of likely N-dealkylation sites (tertiary alicyclic amines) is 1. The molecule has 3 N–H and O–H groups in total. The van der Waals surface area contributed by atoms with Crippen molar-refractivity contribution in [2.45, 2.75) is 44.2 Å². The number of nitrogens with one attached hydrogen (secondary N) is 2. The summed E-state index contributed by atoms with van der Waals surface area (Å²) >= 11 is 1.65. The first-order chi connectivity index (χ1) is 18.9. The van der Waals surface area contributed by atoms with Crippen molar-refractivity contribution in [2.75, 3.05) is 31.6 Å². The molecule has 8 nitrogen and oxygen atoms in total. The first-order valence-corrected chi connectivity index (χ1v) is 13.9.